The second-order valence-electron chi connectivity index (χ2n) is 7.60. The molecule has 3 rings (SSSR count). The predicted octanol–water partition coefficient (Wildman–Crippen LogP) is 4.58. The molecule has 0 bridgehead atoms. The summed E-state index contributed by atoms with van der Waals surface area (Å²) in [6.45, 7) is 2.26. The van der Waals surface area contributed by atoms with Crippen LogP contribution in [0.1, 0.15) is 22.3 Å². The highest BCUT2D eigenvalue weighted by Crippen LogP contribution is 2.21. The predicted molar refractivity (Wildman–Crippen MR) is 125 cm³/mol. The van der Waals surface area contributed by atoms with Gasteiger partial charge in [-0.2, -0.15) is 0 Å². The molecule has 3 aromatic carbocycles. The summed E-state index contributed by atoms with van der Waals surface area (Å²) in [7, 11) is 1.60. The molecule has 0 saturated heterocycles. The number of benzene rings is 3. The Kier molecular flexibility index (Phi) is 7.85. The van der Waals surface area contributed by atoms with E-state index in [2.05, 4.69) is 5.32 Å². The van der Waals surface area contributed by atoms with Gasteiger partial charge in [0.05, 0.1) is 6.42 Å². The minimum absolute atomic E-state index is 0.116. The summed E-state index contributed by atoms with van der Waals surface area (Å²) >= 11 is 6.39. The van der Waals surface area contributed by atoms with E-state index >= 15 is 0 Å². The smallest absolute Gasteiger partial charge is 0.242 e. The zero-order valence-electron chi connectivity index (χ0n) is 17.8. The van der Waals surface area contributed by atoms with Crippen LogP contribution in [0.4, 0.5) is 0 Å². The summed E-state index contributed by atoms with van der Waals surface area (Å²) < 4.78 is 0. The Morgan fingerprint density at radius 1 is 0.935 bits per heavy atom. The van der Waals surface area contributed by atoms with Crippen molar-refractivity contribution in [2.24, 2.45) is 0 Å². The van der Waals surface area contributed by atoms with Gasteiger partial charge in [0.15, 0.2) is 0 Å². The maximum atomic E-state index is 13.5. The molecule has 0 fully saturated rings. The van der Waals surface area contributed by atoms with Crippen molar-refractivity contribution < 1.29 is 9.59 Å². The standard InChI is InChI=1S/C26H27ClN2O2/c1-19-9-8-12-21(15-19)17-25(30)29(18-22-13-6-7-14-23(22)27)24(26(31)28-2)16-20-10-4-3-5-11-20/h3-15,24H,16-18H2,1-2H3,(H,28,31)/t24-/m0/s1. The largest absolute Gasteiger partial charge is 0.357 e. The number of aryl methyl sites for hydroxylation is 1. The van der Waals surface area contributed by atoms with Gasteiger partial charge in [-0.3, -0.25) is 9.59 Å². The number of nitrogens with zero attached hydrogens (tertiary/aromatic N) is 1. The van der Waals surface area contributed by atoms with Gasteiger partial charge in [0.2, 0.25) is 11.8 Å². The van der Waals surface area contributed by atoms with E-state index in [1.807, 2.05) is 79.7 Å². The molecular weight excluding hydrogens is 408 g/mol. The zero-order chi connectivity index (χ0) is 22.2. The molecule has 0 aliphatic carbocycles. The molecule has 1 atom stereocenters. The van der Waals surface area contributed by atoms with Crippen molar-refractivity contribution in [3.8, 4) is 0 Å². The molecule has 0 spiro atoms. The molecule has 3 aromatic rings. The summed E-state index contributed by atoms with van der Waals surface area (Å²) in [5, 5.41) is 3.30. The van der Waals surface area contributed by atoms with E-state index in [1.165, 1.54) is 0 Å². The summed E-state index contributed by atoms with van der Waals surface area (Å²) in [5.41, 5.74) is 3.81. The van der Waals surface area contributed by atoms with Gasteiger partial charge in [0, 0.05) is 25.0 Å². The fourth-order valence-electron chi connectivity index (χ4n) is 3.63. The maximum Gasteiger partial charge on any atom is 0.242 e. The molecule has 0 aliphatic rings. The van der Waals surface area contributed by atoms with Crippen molar-refractivity contribution >= 4 is 23.4 Å². The number of hydrogen-bond donors (Lipinski definition) is 1. The van der Waals surface area contributed by atoms with Crippen LogP contribution in [0.3, 0.4) is 0 Å². The van der Waals surface area contributed by atoms with Gasteiger partial charge in [-0.25, -0.2) is 0 Å². The highest BCUT2D eigenvalue weighted by molar-refractivity contribution is 6.31. The molecule has 160 valence electrons. The minimum atomic E-state index is -0.652. The lowest BCUT2D eigenvalue weighted by Gasteiger charge is -2.31. The number of hydrogen-bond acceptors (Lipinski definition) is 2. The second-order valence-corrected chi connectivity index (χ2v) is 8.01. The van der Waals surface area contributed by atoms with Crippen LogP contribution in [0, 0.1) is 6.92 Å². The molecule has 0 radical (unpaired) electrons. The Bertz CT molecular complexity index is 1040. The van der Waals surface area contributed by atoms with Crippen molar-refractivity contribution in [1.29, 1.82) is 0 Å². The van der Waals surface area contributed by atoms with Crippen molar-refractivity contribution in [3.63, 3.8) is 0 Å². The molecule has 0 saturated carbocycles. The highest BCUT2D eigenvalue weighted by atomic mass is 35.5. The van der Waals surface area contributed by atoms with Crippen molar-refractivity contribution in [3.05, 3.63) is 106 Å². The van der Waals surface area contributed by atoms with E-state index < -0.39 is 6.04 Å². The van der Waals surface area contributed by atoms with Crippen LogP contribution >= 0.6 is 11.6 Å². The average molecular weight is 435 g/mol. The molecule has 5 heteroatoms. The van der Waals surface area contributed by atoms with Crippen LogP contribution in [0.15, 0.2) is 78.9 Å². The normalized spacial score (nSPS) is 11.6. The molecule has 0 aromatic heterocycles. The number of halogens is 1. The van der Waals surface area contributed by atoms with E-state index in [-0.39, 0.29) is 24.8 Å². The Labute approximate surface area is 188 Å². The Hall–Kier alpha value is -3.11. The first-order chi connectivity index (χ1) is 15.0. The van der Waals surface area contributed by atoms with Gasteiger partial charge >= 0.3 is 0 Å². The molecule has 1 N–H and O–H groups in total. The minimum Gasteiger partial charge on any atom is -0.357 e. The lowest BCUT2D eigenvalue weighted by Crippen LogP contribution is -2.50. The molecule has 0 unspecified atom stereocenters. The number of nitrogens with one attached hydrogen (secondary N) is 1. The third-order valence-corrected chi connectivity index (χ3v) is 5.62. The third-order valence-electron chi connectivity index (χ3n) is 5.25. The first-order valence-electron chi connectivity index (χ1n) is 10.3. The summed E-state index contributed by atoms with van der Waals surface area (Å²) in [5.74, 6) is -0.316. The fourth-order valence-corrected chi connectivity index (χ4v) is 3.82. The molecule has 2 amide bonds. The molecular formula is C26H27ClN2O2. The molecule has 4 nitrogen and oxygen atoms in total. The van der Waals surface area contributed by atoms with E-state index in [1.54, 1.807) is 18.0 Å². The van der Waals surface area contributed by atoms with E-state index in [0.717, 1.165) is 22.3 Å². The monoisotopic (exact) mass is 434 g/mol. The molecule has 31 heavy (non-hydrogen) atoms. The lowest BCUT2D eigenvalue weighted by atomic mass is 10.0. The van der Waals surface area contributed by atoms with Crippen molar-refractivity contribution in [2.45, 2.75) is 32.4 Å². The molecule has 0 heterocycles. The highest BCUT2D eigenvalue weighted by Gasteiger charge is 2.30. The Morgan fingerprint density at radius 2 is 1.61 bits per heavy atom. The average Bonchev–Trinajstić information content (AvgIpc) is 2.77. The van der Waals surface area contributed by atoms with E-state index in [9.17, 15) is 9.59 Å². The van der Waals surface area contributed by atoms with Gasteiger partial charge in [-0.15, -0.1) is 0 Å². The Morgan fingerprint density at radius 3 is 2.29 bits per heavy atom. The van der Waals surface area contributed by atoms with E-state index in [0.29, 0.717) is 11.4 Å². The SMILES string of the molecule is CNC(=O)[C@H](Cc1ccccc1)N(Cc1ccccc1Cl)C(=O)Cc1cccc(C)c1. The lowest BCUT2D eigenvalue weighted by molar-refractivity contribution is -0.140. The number of carbonyl (C=O) groups excluding carboxylic acids is 2. The molecule has 0 aliphatic heterocycles. The van der Waals surface area contributed by atoms with Crippen molar-refractivity contribution in [1.82, 2.24) is 10.2 Å². The van der Waals surface area contributed by atoms with Gasteiger partial charge in [-0.1, -0.05) is 90.0 Å². The number of carbonyl (C=O) groups is 2. The van der Waals surface area contributed by atoms with Crippen LogP contribution in [-0.2, 0) is 29.0 Å². The van der Waals surface area contributed by atoms with Gasteiger partial charge in [0.25, 0.3) is 0 Å². The van der Waals surface area contributed by atoms with Crippen molar-refractivity contribution in [2.75, 3.05) is 7.05 Å². The van der Waals surface area contributed by atoms with E-state index in [4.69, 9.17) is 11.6 Å². The summed E-state index contributed by atoms with van der Waals surface area (Å²) in [6.07, 6.45) is 0.638. The van der Waals surface area contributed by atoms with Gasteiger partial charge in [-0.05, 0) is 29.7 Å². The first kappa shape index (κ1) is 22.6. The van der Waals surface area contributed by atoms with Gasteiger partial charge < -0.3 is 10.2 Å². The fraction of sp³-hybridized carbons (Fsp3) is 0.231. The third kappa shape index (κ3) is 6.19. The summed E-state index contributed by atoms with van der Waals surface area (Å²) in [6, 6.07) is 24.4. The van der Waals surface area contributed by atoms with Crippen LogP contribution < -0.4 is 5.32 Å². The van der Waals surface area contributed by atoms with Crippen LogP contribution in [0.5, 0.6) is 0 Å². The maximum absolute atomic E-state index is 13.5. The quantitative estimate of drug-likeness (QED) is 0.564. The van der Waals surface area contributed by atoms with Crippen LogP contribution in [0.25, 0.3) is 0 Å². The van der Waals surface area contributed by atoms with Crippen LogP contribution in [0.2, 0.25) is 5.02 Å². The number of rotatable bonds is 8. The first-order valence-corrected chi connectivity index (χ1v) is 10.7. The topological polar surface area (TPSA) is 49.4 Å². The Balaban J connectivity index is 1.95. The summed E-state index contributed by atoms with van der Waals surface area (Å²) in [4.78, 5) is 28.0. The second kappa shape index (κ2) is 10.8. The number of amides is 2. The zero-order valence-corrected chi connectivity index (χ0v) is 18.6. The number of likely N-dealkylation sites (N-methyl/N-ethyl adjacent to an activating group) is 1. The van der Waals surface area contributed by atoms with Crippen LogP contribution in [-0.4, -0.2) is 29.8 Å². The van der Waals surface area contributed by atoms with Gasteiger partial charge in [0.1, 0.15) is 6.04 Å².